The number of hydrogen-bond acceptors (Lipinski definition) is 8. The van der Waals surface area contributed by atoms with E-state index in [1.807, 2.05) is 18.2 Å². The predicted molar refractivity (Wildman–Crippen MR) is 118 cm³/mol. The Morgan fingerprint density at radius 3 is 2.42 bits per heavy atom. The summed E-state index contributed by atoms with van der Waals surface area (Å²) in [5.74, 6) is 1.23. The largest absolute Gasteiger partial charge is 0.493 e. The van der Waals surface area contributed by atoms with E-state index in [4.69, 9.17) is 14.2 Å². The number of benzene rings is 1. The lowest BCUT2D eigenvalue weighted by atomic mass is 9.96. The molecule has 1 aromatic carbocycles. The number of rotatable bonds is 9. The molecule has 0 aromatic heterocycles. The Morgan fingerprint density at radius 1 is 1.06 bits per heavy atom. The summed E-state index contributed by atoms with van der Waals surface area (Å²) in [5.41, 5.74) is 1.13. The van der Waals surface area contributed by atoms with Crippen LogP contribution < -0.4 is 9.47 Å². The molecule has 1 atom stereocenters. The molecule has 1 aromatic rings. The molecule has 2 aliphatic rings. The molecule has 2 saturated heterocycles. The molecule has 0 spiro atoms. The molecule has 8 nitrogen and oxygen atoms in total. The number of β-amino-alcohol motifs (C(OH)–C–C–N with tert-alkyl or cyclic N) is 1. The second kappa shape index (κ2) is 11.7. The van der Waals surface area contributed by atoms with E-state index < -0.39 is 6.10 Å². The first-order valence-electron chi connectivity index (χ1n) is 11.2. The minimum Gasteiger partial charge on any atom is -0.493 e. The monoisotopic (exact) mass is 435 g/mol. The number of likely N-dealkylation sites (N-methyl/N-ethyl adjacent to an activating group) is 1. The third kappa shape index (κ3) is 7.07. The number of aliphatic hydroxyl groups excluding tert-OH is 1. The number of carbonyl (C=O) groups excluding carboxylic acids is 1. The number of nitrogens with zero attached hydrogens (tertiary/aromatic N) is 3. The summed E-state index contributed by atoms with van der Waals surface area (Å²) in [7, 11) is 5.20. The van der Waals surface area contributed by atoms with Crippen molar-refractivity contribution >= 4 is 5.97 Å². The van der Waals surface area contributed by atoms with E-state index >= 15 is 0 Å². The topological polar surface area (TPSA) is 74.7 Å². The van der Waals surface area contributed by atoms with Crippen LogP contribution in [0.1, 0.15) is 18.4 Å². The maximum absolute atomic E-state index is 11.7. The molecule has 1 N–H and O–H groups in total. The van der Waals surface area contributed by atoms with Gasteiger partial charge in [-0.2, -0.15) is 0 Å². The Bertz CT molecular complexity index is 700. The maximum atomic E-state index is 11.7. The predicted octanol–water partition coefficient (Wildman–Crippen LogP) is 1.07. The molecule has 0 bridgehead atoms. The van der Waals surface area contributed by atoms with E-state index in [1.165, 1.54) is 7.11 Å². The van der Waals surface area contributed by atoms with Gasteiger partial charge < -0.3 is 24.2 Å². The fourth-order valence-electron chi connectivity index (χ4n) is 4.25. The van der Waals surface area contributed by atoms with Gasteiger partial charge in [-0.1, -0.05) is 6.07 Å². The highest BCUT2D eigenvalue weighted by Crippen LogP contribution is 2.29. The minimum absolute atomic E-state index is 0.0119. The molecule has 0 aliphatic carbocycles. The highest BCUT2D eigenvalue weighted by atomic mass is 16.5. The first kappa shape index (κ1) is 23.8. The molecule has 0 saturated carbocycles. The molecular weight excluding hydrogens is 398 g/mol. The number of likely N-dealkylation sites (tertiary alicyclic amines) is 1. The van der Waals surface area contributed by atoms with Crippen LogP contribution in [0.25, 0.3) is 0 Å². The van der Waals surface area contributed by atoms with E-state index in [9.17, 15) is 9.90 Å². The van der Waals surface area contributed by atoms with Crippen LogP contribution in [-0.4, -0.2) is 106 Å². The van der Waals surface area contributed by atoms with E-state index in [0.717, 1.165) is 64.2 Å². The lowest BCUT2D eigenvalue weighted by molar-refractivity contribution is -0.147. The van der Waals surface area contributed by atoms with Crippen molar-refractivity contribution in [3.05, 3.63) is 23.8 Å². The number of esters is 1. The Balaban J connectivity index is 1.50. The van der Waals surface area contributed by atoms with Gasteiger partial charge in [-0.05, 0) is 50.7 Å². The van der Waals surface area contributed by atoms with Gasteiger partial charge in [0.1, 0.15) is 12.7 Å². The summed E-state index contributed by atoms with van der Waals surface area (Å²) in [6.07, 6.45) is 1.10. The molecule has 0 amide bonds. The Morgan fingerprint density at radius 2 is 1.77 bits per heavy atom. The summed E-state index contributed by atoms with van der Waals surface area (Å²) in [6, 6.07) is 5.95. The molecule has 2 heterocycles. The number of aliphatic hydroxyl groups is 1. The van der Waals surface area contributed by atoms with Gasteiger partial charge in [0, 0.05) is 39.3 Å². The van der Waals surface area contributed by atoms with Crippen LogP contribution in [-0.2, 0) is 16.1 Å². The molecule has 1 unspecified atom stereocenters. The molecule has 8 heteroatoms. The Labute approximate surface area is 185 Å². The minimum atomic E-state index is -0.547. The van der Waals surface area contributed by atoms with Gasteiger partial charge in [-0.3, -0.25) is 14.6 Å². The van der Waals surface area contributed by atoms with Crippen molar-refractivity contribution in [1.82, 2.24) is 14.7 Å². The zero-order valence-corrected chi connectivity index (χ0v) is 19.1. The van der Waals surface area contributed by atoms with Crippen molar-refractivity contribution in [2.24, 2.45) is 5.92 Å². The highest BCUT2D eigenvalue weighted by molar-refractivity contribution is 5.72. The van der Waals surface area contributed by atoms with Crippen LogP contribution in [0, 0.1) is 5.92 Å². The molecule has 31 heavy (non-hydrogen) atoms. The fraction of sp³-hybridized carbons (Fsp3) is 0.696. The first-order chi connectivity index (χ1) is 15.0. The summed E-state index contributed by atoms with van der Waals surface area (Å²) in [4.78, 5) is 18.6. The molecule has 174 valence electrons. The first-order valence-corrected chi connectivity index (χ1v) is 11.2. The molecular formula is C23H37N3O5. The zero-order chi connectivity index (χ0) is 22.2. The molecule has 3 rings (SSSR count). The average Bonchev–Trinajstić information content (AvgIpc) is 2.79. The van der Waals surface area contributed by atoms with Crippen molar-refractivity contribution < 1.29 is 24.1 Å². The summed E-state index contributed by atoms with van der Waals surface area (Å²) >= 11 is 0. The third-order valence-electron chi connectivity index (χ3n) is 6.25. The van der Waals surface area contributed by atoms with Crippen molar-refractivity contribution in [1.29, 1.82) is 0 Å². The number of piperidine rings is 1. The lowest BCUT2D eigenvalue weighted by Gasteiger charge is -2.33. The smallest absolute Gasteiger partial charge is 0.308 e. The molecule has 0 radical (unpaired) electrons. The summed E-state index contributed by atoms with van der Waals surface area (Å²) in [5, 5.41) is 10.4. The van der Waals surface area contributed by atoms with Gasteiger partial charge >= 0.3 is 5.97 Å². The van der Waals surface area contributed by atoms with E-state index in [-0.39, 0.29) is 18.5 Å². The van der Waals surface area contributed by atoms with Crippen molar-refractivity contribution in [3.63, 3.8) is 0 Å². The van der Waals surface area contributed by atoms with Crippen LogP contribution in [0.15, 0.2) is 18.2 Å². The van der Waals surface area contributed by atoms with Gasteiger partial charge in [-0.15, -0.1) is 0 Å². The number of methoxy groups -OCH3 is 2. The standard InChI is InChI=1S/C23H37N3O5/c1-24-10-12-26(13-11-24)16-20(27)17-31-22-14-18(4-5-21(22)29-2)15-25-8-6-19(7-9-25)23(28)30-3/h4-5,14,19-20,27H,6-13,15-17H2,1-3H3. The third-order valence-corrected chi connectivity index (χ3v) is 6.25. The highest BCUT2D eigenvalue weighted by Gasteiger charge is 2.25. The lowest BCUT2D eigenvalue weighted by Crippen LogP contribution is -2.47. The van der Waals surface area contributed by atoms with Gasteiger partial charge in [0.05, 0.1) is 20.1 Å². The molecule has 2 aliphatic heterocycles. The normalized spacial score (nSPS) is 20.4. The number of hydrogen-bond donors (Lipinski definition) is 1. The van der Waals surface area contributed by atoms with Crippen LogP contribution in [0.5, 0.6) is 11.5 Å². The van der Waals surface area contributed by atoms with Gasteiger partial charge in [0.15, 0.2) is 11.5 Å². The van der Waals surface area contributed by atoms with Crippen molar-refractivity contribution in [2.45, 2.75) is 25.5 Å². The van der Waals surface area contributed by atoms with Gasteiger partial charge in [-0.25, -0.2) is 0 Å². The van der Waals surface area contributed by atoms with Crippen LogP contribution in [0.2, 0.25) is 0 Å². The van der Waals surface area contributed by atoms with Gasteiger partial charge in [0.2, 0.25) is 0 Å². The number of ether oxygens (including phenoxy) is 3. The van der Waals surface area contributed by atoms with Crippen LogP contribution in [0.4, 0.5) is 0 Å². The Kier molecular flexibility index (Phi) is 8.95. The maximum Gasteiger partial charge on any atom is 0.308 e. The van der Waals surface area contributed by atoms with E-state index in [1.54, 1.807) is 7.11 Å². The Hall–Kier alpha value is -1.87. The quantitative estimate of drug-likeness (QED) is 0.578. The second-order valence-corrected chi connectivity index (χ2v) is 8.63. The van der Waals surface area contributed by atoms with Crippen molar-refractivity contribution in [2.75, 3.05) is 73.7 Å². The average molecular weight is 436 g/mol. The van der Waals surface area contributed by atoms with Crippen LogP contribution in [0.3, 0.4) is 0 Å². The van der Waals surface area contributed by atoms with E-state index in [2.05, 4.69) is 21.7 Å². The zero-order valence-electron chi connectivity index (χ0n) is 19.1. The van der Waals surface area contributed by atoms with Crippen LogP contribution >= 0.6 is 0 Å². The number of piperazine rings is 1. The van der Waals surface area contributed by atoms with E-state index in [0.29, 0.717) is 18.0 Å². The SMILES string of the molecule is COC(=O)C1CCN(Cc2ccc(OC)c(OCC(O)CN3CCN(C)CC3)c2)CC1. The van der Waals surface area contributed by atoms with Crippen molar-refractivity contribution in [3.8, 4) is 11.5 Å². The second-order valence-electron chi connectivity index (χ2n) is 8.63. The molecule has 2 fully saturated rings. The fourth-order valence-corrected chi connectivity index (χ4v) is 4.25. The number of carbonyl (C=O) groups is 1. The summed E-state index contributed by atoms with van der Waals surface area (Å²) < 4.78 is 16.3. The summed E-state index contributed by atoms with van der Waals surface area (Å²) in [6.45, 7) is 7.37. The van der Waals surface area contributed by atoms with Gasteiger partial charge in [0.25, 0.3) is 0 Å².